The second-order valence-electron chi connectivity index (χ2n) is 5.09. The predicted octanol–water partition coefficient (Wildman–Crippen LogP) is 2.98. The Hall–Kier alpha value is 0.270. The minimum atomic E-state index is 0.924. The molecule has 0 aromatic carbocycles. The standard InChI is InChI=1S/C14H30N2S/c1-3-4-5-6-9-15-10-13-16-11-7-14(17-2)8-12-16/h14-15H,3-13H2,1-2H3. The van der Waals surface area contributed by atoms with Crippen LogP contribution in [0.4, 0.5) is 0 Å². The summed E-state index contributed by atoms with van der Waals surface area (Å²) in [5.41, 5.74) is 0. The molecule has 0 amide bonds. The highest BCUT2D eigenvalue weighted by atomic mass is 32.2. The van der Waals surface area contributed by atoms with Crippen molar-refractivity contribution in [3.05, 3.63) is 0 Å². The molecule has 1 aliphatic rings. The van der Waals surface area contributed by atoms with Crippen molar-refractivity contribution < 1.29 is 0 Å². The zero-order valence-corrected chi connectivity index (χ0v) is 12.5. The van der Waals surface area contributed by atoms with Crippen molar-refractivity contribution in [2.24, 2.45) is 0 Å². The van der Waals surface area contributed by atoms with Crippen molar-refractivity contribution in [2.45, 2.75) is 50.7 Å². The molecule has 1 heterocycles. The fraction of sp³-hybridized carbons (Fsp3) is 1.00. The van der Waals surface area contributed by atoms with E-state index in [1.807, 2.05) is 11.8 Å². The molecule has 0 aromatic heterocycles. The molecule has 1 fully saturated rings. The number of hydrogen-bond donors (Lipinski definition) is 1. The monoisotopic (exact) mass is 258 g/mol. The van der Waals surface area contributed by atoms with Crippen LogP contribution in [0, 0.1) is 0 Å². The summed E-state index contributed by atoms with van der Waals surface area (Å²) in [6, 6.07) is 0. The van der Waals surface area contributed by atoms with Crippen molar-refractivity contribution in [3.63, 3.8) is 0 Å². The van der Waals surface area contributed by atoms with E-state index in [1.165, 1.54) is 71.2 Å². The molecule has 0 aliphatic carbocycles. The number of nitrogens with one attached hydrogen (secondary N) is 1. The van der Waals surface area contributed by atoms with Crippen LogP contribution in [-0.4, -0.2) is 49.1 Å². The summed E-state index contributed by atoms with van der Waals surface area (Å²) >= 11 is 2.05. The Morgan fingerprint density at radius 1 is 1.12 bits per heavy atom. The number of unbranched alkanes of at least 4 members (excludes halogenated alkanes) is 3. The van der Waals surface area contributed by atoms with Crippen LogP contribution >= 0.6 is 11.8 Å². The smallest absolute Gasteiger partial charge is 0.0107 e. The molecule has 17 heavy (non-hydrogen) atoms. The Bertz CT molecular complexity index is 168. The number of hydrogen-bond acceptors (Lipinski definition) is 3. The van der Waals surface area contributed by atoms with Gasteiger partial charge in [0.25, 0.3) is 0 Å². The summed E-state index contributed by atoms with van der Waals surface area (Å²) in [4.78, 5) is 2.62. The van der Waals surface area contributed by atoms with Crippen LogP contribution in [0.15, 0.2) is 0 Å². The fourth-order valence-corrected chi connectivity index (χ4v) is 3.09. The van der Waals surface area contributed by atoms with Gasteiger partial charge in [0.15, 0.2) is 0 Å². The summed E-state index contributed by atoms with van der Waals surface area (Å²) in [7, 11) is 0. The molecule has 0 radical (unpaired) electrons. The molecule has 1 aliphatic heterocycles. The molecule has 0 atom stereocenters. The van der Waals surface area contributed by atoms with Crippen LogP contribution in [0.3, 0.4) is 0 Å². The van der Waals surface area contributed by atoms with Gasteiger partial charge in [-0.15, -0.1) is 0 Å². The third kappa shape index (κ3) is 7.32. The normalized spacial score (nSPS) is 18.7. The molecule has 1 saturated heterocycles. The van der Waals surface area contributed by atoms with Crippen LogP contribution in [0.5, 0.6) is 0 Å². The Morgan fingerprint density at radius 3 is 2.53 bits per heavy atom. The largest absolute Gasteiger partial charge is 0.315 e. The summed E-state index contributed by atoms with van der Waals surface area (Å²) in [5, 5.41) is 4.49. The van der Waals surface area contributed by atoms with E-state index in [4.69, 9.17) is 0 Å². The lowest BCUT2D eigenvalue weighted by molar-refractivity contribution is 0.233. The van der Waals surface area contributed by atoms with Crippen molar-refractivity contribution in [2.75, 3.05) is 39.0 Å². The summed E-state index contributed by atoms with van der Waals surface area (Å²) in [6.45, 7) is 8.52. The number of rotatable bonds is 9. The summed E-state index contributed by atoms with van der Waals surface area (Å²) < 4.78 is 0. The Kier molecular flexibility index (Phi) is 9.21. The zero-order chi connectivity index (χ0) is 12.3. The van der Waals surface area contributed by atoms with Gasteiger partial charge >= 0.3 is 0 Å². The lowest BCUT2D eigenvalue weighted by Gasteiger charge is -2.31. The number of piperidine rings is 1. The van der Waals surface area contributed by atoms with Gasteiger partial charge in [-0.1, -0.05) is 26.2 Å². The minimum Gasteiger partial charge on any atom is -0.315 e. The average Bonchev–Trinajstić information content (AvgIpc) is 2.38. The van der Waals surface area contributed by atoms with Gasteiger partial charge in [0, 0.05) is 18.3 Å². The maximum absolute atomic E-state index is 3.57. The summed E-state index contributed by atoms with van der Waals surface area (Å²) in [5.74, 6) is 0. The summed E-state index contributed by atoms with van der Waals surface area (Å²) in [6.07, 6.45) is 10.5. The predicted molar refractivity (Wildman–Crippen MR) is 80.0 cm³/mol. The van der Waals surface area contributed by atoms with Crippen molar-refractivity contribution >= 4 is 11.8 Å². The van der Waals surface area contributed by atoms with E-state index in [-0.39, 0.29) is 0 Å². The highest BCUT2D eigenvalue weighted by molar-refractivity contribution is 7.99. The molecule has 0 saturated carbocycles. The van der Waals surface area contributed by atoms with Crippen LogP contribution in [-0.2, 0) is 0 Å². The maximum Gasteiger partial charge on any atom is 0.0107 e. The zero-order valence-electron chi connectivity index (χ0n) is 11.7. The van der Waals surface area contributed by atoms with Gasteiger partial charge < -0.3 is 10.2 Å². The molecule has 1 N–H and O–H groups in total. The van der Waals surface area contributed by atoms with Gasteiger partial charge in [0.1, 0.15) is 0 Å². The van der Waals surface area contributed by atoms with Gasteiger partial charge in [-0.3, -0.25) is 0 Å². The van der Waals surface area contributed by atoms with E-state index < -0.39 is 0 Å². The van der Waals surface area contributed by atoms with Crippen molar-refractivity contribution in [1.29, 1.82) is 0 Å². The second kappa shape index (κ2) is 10.2. The molecule has 0 bridgehead atoms. The average molecular weight is 258 g/mol. The fourth-order valence-electron chi connectivity index (χ4n) is 2.41. The molecule has 2 nitrogen and oxygen atoms in total. The Balaban J connectivity index is 1.87. The van der Waals surface area contributed by atoms with E-state index in [0.29, 0.717) is 0 Å². The van der Waals surface area contributed by atoms with Crippen LogP contribution in [0.25, 0.3) is 0 Å². The highest BCUT2D eigenvalue weighted by Gasteiger charge is 2.17. The van der Waals surface area contributed by atoms with Crippen molar-refractivity contribution in [3.8, 4) is 0 Å². The van der Waals surface area contributed by atoms with Gasteiger partial charge in [-0.2, -0.15) is 11.8 Å². The molecule has 102 valence electrons. The first-order chi connectivity index (χ1) is 8.36. The quantitative estimate of drug-likeness (QED) is 0.640. The van der Waals surface area contributed by atoms with E-state index in [0.717, 1.165) is 5.25 Å². The first-order valence-electron chi connectivity index (χ1n) is 7.32. The molecule has 0 unspecified atom stereocenters. The van der Waals surface area contributed by atoms with Gasteiger partial charge in [0.05, 0.1) is 0 Å². The van der Waals surface area contributed by atoms with E-state index in [9.17, 15) is 0 Å². The first kappa shape index (κ1) is 15.3. The molecule has 1 rings (SSSR count). The lowest BCUT2D eigenvalue weighted by atomic mass is 10.1. The topological polar surface area (TPSA) is 15.3 Å². The van der Waals surface area contributed by atoms with E-state index >= 15 is 0 Å². The molecule has 0 aromatic rings. The maximum atomic E-state index is 3.57. The number of thioether (sulfide) groups is 1. The molecular formula is C14H30N2S. The SMILES string of the molecule is CCCCCCNCCN1CCC(SC)CC1. The van der Waals surface area contributed by atoms with Gasteiger partial charge in [-0.05, 0) is 45.2 Å². The number of likely N-dealkylation sites (tertiary alicyclic amines) is 1. The first-order valence-corrected chi connectivity index (χ1v) is 8.61. The molecular weight excluding hydrogens is 228 g/mol. The van der Waals surface area contributed by atoms with Crippen LogP contribution in [0.1, 0.15) is 45.4 Å². The second-order valence-corrected chi connectivity index (χ2v) is 6.23. The minimum absolute atomic E-state index is 0.924. The van der Waals surface area contributed by atoms with E-state index in [1.54, 1.807) is 0 Å². The third-order valence-electron chi connectivity index (χ3n) is 3.68. The number of nitrogens with zero attached hydrogens (tertiary/aromatic N) is 1. The van der Waals surface area contributed by atoms with Gasteiger partial charge in [-0.25, -0.2) is 0 Å². The third-order valence-corrected chi connectivity index (χ3v) is 4.82. The molecule has 3 heteroatoms. The van der Waals surface area contributed by atoms with Crippen LogP contribution in [0.2, 0.25) is 0 Å². The van der Waals surface area contributed by atoms with Crippen LogP contribution < -0.4 is 5.32 Å². The Labute approximate surface area is 112 Å². The van der Waals surface area contributed by atoms with Gasteiger partial charge in [0.2, 0.25) is 0 Å². The Morgan fingerprint density at radius 2 is 1.88 bits per heavy atom. The highest BCUT2D eigenvalue weighted by Crippen LogP contribution is 2.20. The van der Waals surface area contributed by atoms with Crippen molar-refractivity contribution in [1.82, 2.24) is 10.2 Å². The van der Waals surface area contributed by atoms with E-state index in [2.05, 4.69) is 23.4 Å². The molecule has 0 spiro atoms. The lowest BCUT2D eigenvalue weighted by Crippen LogP contribution is -2.39.